The number of nitrogens with one attached hydrogen (secondary N) is 1. The molecule has 0 aromatic carbocycles. The number of hydrogen-bond acceptors (Lipinski definition) is 6. The molecule has 0 unspecified atom stereocenters. The monoisotopic (exact) mass is 383 g/mol. The Labute approximate surface area is 166 Å². The molecule has 0 bridgehead atoms. The largest absolute Gasteiger partial charge is 0.488 e. The summed E-state index contributed by atoms with van der Waals surface area (Å²) in [7, 11) is 0. The zero-order valence-corrected chi connectivity index (χ0v) is 16.7. The van der Waals surface area contributed by atoms with Gasteiger partial charge in [0.15, 0.2) is 11.6 Å². The van der Waals surface area contributed by atoms with E-state index in [0.29, 0.717) is 24.6 Å². The molecular formula is C21H29N5O2. The SMILES string of the molecule is CC(C)n1nc(-c2cnc3c(c2)OCCN3)cc1C1CCN(C2COC2)CC1. The smallest absolute Gasteiger partial charge is 0.168 e. The number of aromatic nitrogens is 3. The summed E-state index contributed by atoms with van der Waals surface area (Å²) in [4.78, 5) is 7.13. The van der Waals surface area contributed by atoms with Crippen LogP contribution in [0.2, 0.25) is 0 Å². The van der Waals surface area contributed by atoms with E-state index in [9.17, 15) is 0 Å². The maximum absolute atomic E-state index is 5.76. The Hall–Kier alpha value is -2.12. The molecular weight excluding hydrogens is 354 g/mol. The summed E-state index contributed by atoms with van der Waals surface area (Å²) in [5.41, 5.74) is 3.36. The molecule has 7 nitrogen and oxygen atoms in total. The molecule has 0 aliphatic carbocycles. The highest BCUT2D eigenvalue weighted by Crippen LogP contribution is 2.35. The molecule has 7 heteroatoms. The highest BCUT2D eigenvalue weighted by molar-refractivity contribution is 5.65. The minimum absolute atomic E-state index is 0.338. The van der Waals surface area contributed by atoms with Gasteiger partial charge >= 0.3 is 0 Å². The van der Waals surface area contributed by atoms with Gasteiger partial charge in [0, 0.05) is 29.4 Å². The number of ether oxygens (including phenoxy) is 2. The lowest BCUT2D eigenvalue weighted by Crippen LogP contribution is -2.51. The Morgan fingerprint density at radius 3 is 2.71 bits per heavy atom. The Morgan fingerprint density at radius 2 is 2.00 bits per heavy atom. The molecule has 0 atom stereocenters. The molecule has 1 N–H and O–H groups in total. The number of anilines is 1. The zero-order valence-electron chi connectivity index (χ0n) is 16.7. The summed E-state index contributed by atoms with van der Waals surface area (Å²) in [5.74, 6) is 2.20. The van der Waals surface area contributed by atoms with Crippen LogP contribution in [-0.4, -0.2) is 65.2 Å². The second kappa shape index (κ2) is 7.37. The summed E-state index contributed by atoms with van der Waals surface area (Å²) in [6.45, 7) is 10.0. The first-order valence-electron chi connectivity index (χ1n) is 10.5. The van der Waals surface area contributed by atoms with E-state index in [2.05, 4.69) is 45.9 Å². The van der Waals surface area contributed by atoms with Crippen LogP contribution < -0.4 is 10.1 Å². The van der Waals surface area contributed by atoms with Gasteiger partial charge in [0.05, 0.1) is 31.5 Å². The predicted octanol–water partition coefficient (Wildman–Crippen LogP) is 2.91. The van der Waals surface area contributed by atoms with Crippen LogP contribution in [0.25, 0.3) is 11.3 Å². The number of hydrogen-bond donors (Lipinski definition) is 1. The number of rotatable bonds is 4. The number of nitrogens with zero attached hydrogens (tertiary/aromatic N) is 4. The van der Waals surface area contributed by atoms with Crippen molar-refractivity contribution in [3.05, 3.63) is 24.0 Å². The normalized spacial score (nSPS) is 21.1. The average molecular weight is 383 g/mol. The number of piperidine rings is 1. The van der Waals surface area contributed by atoms with Crippen LogP contribution in [-0.2, 0) is 4.74 Å². The summed E-state index contributed by atoms with van der Waals surface area (Å²) < 4.78 is 13.3. The van der Waals surface area contributed by atoms with Crippen molar-refractivity contribution < 1.29 is 9.47 Å². The second-order valence-corrected chi connectivity index (χ2v) is 8.34. The van der Waals surface area contributed by atoms with Gasteiger partial charge in [-0.1, -0.05) is 0 Å². The number of pyridine rings is 1. The molecule has 5 heterocycles. The van der Waals surface area contributed by atoms with E-state index in [0.717, 1.165) is 55.7 Å². The van der Waals surface area contributed by atoms with E-state index < -0.39 is 0 Å². The maximum atomic E-state index is 5.76. The maximum Gasteiger partial charge on any atom is 0.168 e. The Balaban J connectivity index is 1.39. The van der Waals surface area contributed by atoms with E-state index in [1.54, 1.807) is 0 Å². The lowest BCUT2D eigenvalue weighted by molar-refractivity contribution is -0.0714. The number of likely N-dealkylation sites (tertiary alicyclic amines) is 1. The molecule has 0 saturated carbocycles. The van der Waals surface area contributed by atoms with E-state index in [4.69, 9.17) is 14.6 Å². The molecule has 0 radical (unpaired) electrons. The van der Waals surface area contributed by atoms with Crippen molar-refractivity contribution in [3.63, 3.8) is 0 Å². The van der Waals surface area contributed by atoms with Gasteiger partial charge in [0.25, 0.3) is 0 Å². The van der Waals surface area contributed by atoms with Crippen molar-refractivity contribution in [1.29, 1.82) is 0 Å². The van der Waals surface area contributed by atoms with Gasteiger partial charge in [-0.3, -0.25) is 9.58 Å². The summed E-state index contributed by atoms with van der Waals surface area (Å²) >= 11 is 0. The first-order chi connectivity index (χ1) is 13.7. The van der Waals surface area contributed by atoms with Gasteiger partial charge in [-0.25, -0.2) is 4.98 Å². The molecule has 2 fully saturated rings. The number of fused-ring (bicyclic) bond motifs is 1. The highest BCUT2D eigenvalue weighted by atomic mass is 16.5. The molecule has 150 valence electrons. The Morgan fingerprint density at radius 1 is 1.18 bits per heavy atom. The molecule has 2 saturated heterocycles. The molecule has 28 heavy (non-hydrogen) atoms. The summed E-state index contributed by atoms with van der Waals surface area (Å²) in [5, 5.41) is 8.23. The van der Waals surface area contributed by atoms with Gasteiger partial charge in [-0.05, 0) is 51.9 Å². The Kier molecular flexibility index (Phi) is 4.72. The fraction of sp³-hybridized carbons (Fsp3) is 0.619. The lowest BCUT2D eigenvalue weighted by atomic mass is 9.91. The van der Waals surface area contributed by atoms with Crippen molar-refractivity contribution in [2.75, 3.05) is 44.8 Å². The third-order valence-electron chi connectivity index (χ3n) is 6.14. The van der Waals surface area contributed by atoms with Crippen molar-refractivity contribution in [3.8, 4) is 17.0 Å². The highest BCUT2D eigenvalue weighted by Gasteiger charge is 2.31. The second-order valence-electron chi connectivity index (χ2n) is 8.34. The first kappa shape index (κ1) is 17.9. The third-order valence-corrected chi connectivity index (χ3v) is 6.14. The summed E-state index contributed by atoms with van der Waals surface area (Å²) in [6.07, 6.45) is 4.27. The molecule has 5 rings (SSSR count). The topological polar surface area (TPSA) is 64.4 Å². The molecule has 0 amide bonds. The predicted molar refractivity (Wildman–Crippen MR) is 108 cm³/mol. The van der Waals surface area contributed by atoms with Crippen LogP contribution in [0.5, 0.6) is 5.75 Å². The third kappa shape index (κ3) is 3.26. The average Bonchev–Trinajstić information content (AvgIpc) is 3.13. The fourth-order valence-corrected chi connectivity index (χ4v) is 4.42. The van der Waals surface area contributed by atoms with E-state index in [1.165, 1.54) is 18.5 Å². The van der Waals surface area contributed by atoms with Gasteiger partial charge in [0.1, 0.15) is 6.61 Å². The van der Waals surface area contributed by atoms with E-state index in [1.807, 2.05) is 6.20 Å². The fourth-order valence-electron chi connectivity index (χ4n) is 4.42. The standard InChI is InChI=1S/C21H29N5O2/c1-14(2)26-19(15-3-6-25(7-4-15)17-12-27-13-17)10-18(24-26)16-9-20-21(23-11-16)22-5-8-28-20/h9-11,14-15,17H,3-8,12-13H2,1-2H3,(H,22,23). The van der Waals surface area contributed by atoms with Gasteiger partial charge in [-0.2, -0.15) is 5.10 Å². The van der Waals surface area contributed by atoms with Crippen molar-refractivity contribution in [2.45, 2.75) is 44.7 Å². The molecule has 3 aliphatic rings. The van der Waals surface area contributed by atoms with Crippen LogP contribution in [0, 0.1) is 0 Å². The van der Waals surface area contributed by atoms with Crippen LogP contribution in [0.3, 0.4) is 0 Å². The van der Waals surface area contributed by atoms with Crippen molar-refractivity contribution >= 4 is 5.82 Å². The van der Waals surface area contributed by atoms with Crippen LogP contribution >= 0.6 is 0 Å². The Bertz CT molecular complexity index is 837. The van der Waals surface area contributed by atoms with Gasteiger partial charge in [-0.15, -0.1) is 0 Å². The molecule has 0 spiro atoms. The zero-order chi connectivity index (χ0) is 19.1. The van der Waals surface area contributed by atoms with Crippen molar-refractivity contribution in [1.82, 2.24) is 19.7 Å². The quantitative estimate of drug-likeness (QED) is 0.876. The van der Waals surface area contributed by atoms with Crippen molar-refractivity contribution in [2.24, 2.45) is 0 Å². The van der Waals surface area contributed by atoms with Crippen LogP contribution in [0.1, 0.15) is 44.3 Å². The van der Waals surface area contributed by atoms with Gasteiger partial charge in [0.2, 0.25) is 0 Å². The van der Waals surface area contributed by atoms with Crippen LogP contribution in [0.15, 0.2) is 18.3 Å². The molecule has 3 aliphatic heterocycles. The van der Waals surface area contributed by atoms with E-state index in [-0.39, 0.29) is 0 Å². The van der Waals surface area contributed by atoms with Crippen LogP contribution in [0.4, 0.5) is 5.82 Å². The molecule has 2 aromatic heterocycles. The molecule has 2 aromatic rings. The summed E-state index contributed by atoms with van der Waals surface area (Å²) in [6, 6.07) is 5.31. The first-order valence-corrected chi connectivity index (χ1v) is 10.5. The minimum Gasteiger partial charge on any atom is -0.488 e. The van der Waals surface area contributed by atoms with E-state index >= 15 is 0 Å². The minimum atomic E-state index is 0.338. The van der Waals surface area contributed by atoms with Gasteiger partial charge < -0.3 is 14.8 Å². The lowest BCUT2D eigenvalue weighted by Gasteiger charge is -2.41.